The predicted octanol–water partition coefficient (Wildman–Crippen LogP) is 4.01. The third-order valence-corrected chi connectivity index (χ3v) is 4.19. The van der Waals surface area contributed by atoms with Crippen LogP contribution < -0.4 is 10.7 Å². The van der Waals surface area contributed by atoms with Crippen LogP contribution >= 0.6 is 0 Å². The van der Waals surface area contributed by atoms with E-state index in [2.05, 4.69) is 96.3 Å². The van der Waals surface area contributed by atoms with E-state index in [1.807, 2.05) is 6.08 Å². The summed E-state index contributed by atoms with van der Waals surface area (Å²) in [6.45, 7) is 6.20. The number of nitrogens with one attached hydrogen (secondary N) is 2. The molecule has 6 bridgehead atoms. The topological polar surface area (TPSA) is 31.6 Å². The molecule has 2 aliphatic rings. The molecule has 0 saturated carbocycles. The van der Waals surface area contributed by atoms with Crippen molar-refractivity contribution >= 4 is 24.3 Å². The van der Waals surface area contributed by atoms with Crippen LogP contribution in [0, 0.1) is 0 Å². The van der Waals surface area contributed by atoms with Crippen LogP contribution in [0.25, 0.3) is 24.3 Å². The summed E-state index contributed by atoms with van der Waals surface area (Å²) in [5.41, 5.74) is 6.70. The van der Waals surface area contributed by atoms with E-state index in [4.69, 9.17) is 0 Å². The molecule has 0 atom stereocenters. The second kappa shape index (κ2) is 6.33. The van der Waals surface area contributed by atoms with Crippen molar-refractivity contribution in [2.24, 2.45) is 0 Å². The molecule has 0 spiro atoms. The van der Waals surface area contributed by atoms with Crippen LogP contribution in [-0.4, -0.2) is 9.97 Å². The second-order valence-electron chi connectivity index (χ2n) is 6.45. The van der Waals surface area contributed by atoms with E-state index in [9.17, 15) is 0 Å². The Labute approximate surface area is 147 Å². The van der Waals surface area contributed by atoms with E-state index in [1.165, 1.54) is 16.7 Å². The molecule has 122 valence electrons. The van der Waals surface area contributed by atoms with Crippen molar-refractivity contribution in [3.8, 4) is 0 Å². The Hall–Kier alpha value is -3.26. The van der Waals surface area contributed by atoms with E-state index in [0.29, 0.717) is 0 Å². The quantitative estimate of drug-likeness (QED) is 0.734. The van der Waals surface area contributed by atoms with E-state index < -0.39 is 0 Å². The highest BCUT2D eigenvalue weighted by molar-refractivity contribution is 5.69. The Balaban J connectivity index is 1.84. The zero-order valence-corrected chi connectivity index (χ0v) is 14.2. The van der Waals surface area contributed by atoms with Gasteiger partial charge >= 0.3 is 0 Å². The van der Waals surface area contributed by atoms with Crippen LogP contribution in [0.5, 0.6) is 0 Å². The minimum absolute atomic E-state index is 0.960. The summed E-state index contributed by atoms with van der Waals surface area (Å²) in [6.07, 6.45) is 19.1. The monoisotopic (exact) mass is 324 g/mol. The van der Waals surface area contributed by atoms with Crippen LogP contribution in [-0.2, 0) is 0 Å². The van der Waals surface area contributed by atoms with Crippen LogP contribution in [0.3, 0.4) is 0 Å². The molecule has 2 nitrogen and oxygen atoms in total. The average Bonchev–Trinajstić information content (AvgIpc) is 3.29. The summed E-state index contributed by atoms with van der Waals surface area (Å²) >= 11 is 0. The molecule has 1 aliphatic carbocycles. The molecular weight excluding hydrogens is 304 g/mol. The minimum atomic E-state index is 0.960. The second-order valence-corrected chi connectivity index (χ2v) is 6.45. The smallest absolute Gasteiger partial charge is 0.0390 e. The molecule has 3 heterocycles. The average molecular weight is 324 g/mol. The van der Waals surface area contributed by atoms with Gasteiger partial charge in [-0.3, -0.25) is 0 Å². The first-order valence-electron chi connectivity index (χ1n) is 8.38. The highest BCUT2D eigenvalue weighted by Crippen LogP contribution is 2.19. The molecule has 2 aromatic rings. The molecule has 0 saturated heterocycles. The van der Waals surface area contributed by atoms with Crippen molar-refractivity contribution in [2.75, 3.05) is 0 Å². The largest absolute Gasteiger partial charge is 0.355 e. The van der Waals surface area contributed by atoms with Gasteiger partial charge in [-0.05, 0) is 83.9 Å². The lowest BCUT2D eigenvalue weighted by atomic mass is 10.2. The van der Waals surface area contributed by atoms with Gasteiger partial charge in [0.2, 0.25) is 0 Å². The van der Waals surface area contributed by atoms with Crippen molar-refractivity contribution in [3.05, 3.63) is 106 Å². The maximum Gasteiger partial charge on any atom is 0.0390 e. The number of fused-ring (bicyclic) bond motifs is 5. The lowest BCUT2D eigenvalue weighted by molar-refractivity contribution is 1.27. The summed E-state index contributed by atoms with van der Waals surface area (Å²) < 4.78 is 0. The fraction of sp³-hybridized carbons (Fsp3) is 0.0435. The highest BCUT2D eigenvalue weighted by atomic mass is 14.7. The lowest BCUT2D eigenvalue weighted by Gasteiger charge is -1.94. The first-order chi connectivity index (χ1) is 12.1. The van der Waals surface area contributed by atoms with E-state index >= 15 is 0 Å². The van der Waals surface area contributed by atoms with Crippen molar-refractivity contribution in [1.82, 2.24) is 9.97 Å². The fourth-order valence-corrected chi connectivity index (χ4v) is 3.00. The zero-order valence-electron chi connectivity index (χ0n) is 14.2. The summed E-state index contributed by atoms with van der Waals surface area (Å²) in [6, 6.07) is 8.37. The molecule has 1 aliphatic heterocycles. The normalized spacial score (nSPS) is 24.7. The fourth-order valence-electron chi connectivity index (χ4n) is 3.00. The summed E-state index contributed by atoms with van der Waals surface area (Å²) in [5.74, 6) is 0. The van der Waals surface area contributed by atoms with Crippen LogP contribution in [0.4, 0.5) is 0 Å². The lowest BCUT2D eigenvalue weighted by Crippen LogP contribution is -2.09. The third kappa shape index (κ3) is 3.64. The van der Waals surface area contributed by atoms with Crippen LogP contribution in [0.2, 0.25) is 0 Å². The van der Waals surface area contributed by atoms with Gasteiger partial charge in [0.25, 0.3) is 0 Å². The van der Waals surface area contributed by atoms with Crippen molar-refractivity contribution < 1.29 is 0 Å². The maximum absolute atomic E-state index is 4.11. The third-order valence-electron chi connectivity index (χ3n) is 4.19. The van der Waals surface area contributed by atoms with Crippen LogP contribution in [0.1, 0.15) is 18.3 Å². The molecule has 2 N–H and O–H groups in total. The molecule has 4 rings (SSSR count). The molecule has 0 aromatic carbocycles. The number of aromatic amines is 2. The Morgan fingerprint density at radius 1 is 0.640 bits per heavy atom. The van der Waals surface area contributed by atoms with Gasteiger partial charge in [-0.2, -0.15) is 0 Å². The number of hydrogen-bond donors (Lipinski definition) is 2. The van der Waals surface area contributed by atoms with E-state index in [0.717, 1.165) is 27.7 Å². The number of allylic oxidation sites excluding steroid dienone is 9. The molecule has 25 heavy (non-hydrogen) atoms. The highest BCUT2D eigenvalue weighted by Gasteiger charge is 2.02. The maximum atomic E-state index is 4.11. The molecular formula is C23H20N2. The minimum Gasteiger partial charge on any atom is -0.355 e. The first-order valence-corrected chi connectivity index (χ1v) is 8.38. The van der Waals surface area contributed by atoms with Crippen molar-refractivity contribution in [2.45, 2.75) is 6.92 Å². The van der Waals surface area contributed by atoms with Gasteiger partial charge in [-0.1, -0.05) is 30.9 Å². The molecule has 0 unspecified atom stereocenters. The SMILES string of the molecule is C=C1/C=C\C(C)=C\c2ccc([nH]2)/C=C2/C=CC(=C2)/C=c2/cc/c([nH]2)=C/1. The Morgan fingerprint density at radius 3 is 2.12 bits per heavy atom. The molecule has 0 fully saturated rings. The summed E-state index contributed by atoms with van der Waals surface area (Å²) in [4.78, 5) is 6.85. The van der Waals surface area contributed by atoms with Crippen molar-refractivity contribution in [1.29, 1.82) is 0 Å². The van der Waals surface area contributed by atoms with Gasteiger partial charge in [-0.25, -0.2) is 0 Å². The van der Waals surface area contributed by atoms with Gasteiger partial charge in [0.05, 0.1) is 0 Å². The van der Waals surface area contributed by atoms with Crippen LogP contribution in [0.15, 0.2) is 83.5 Å². The Bertz CT molecular complexity index is 1110. The summed E-state index contributed by atoms with van der Waals surface area (Å²) in [5, 5.41) is 2.14. The van der Waals surface area contributed by atoms with Gasteiger partial charge in [0.1, 0.15) is 0 Å². The molecule has 2 heteroatoms. The molecule has 0 amide bonds. The van der Waals surface area contributed by atoms with Gasteiger partial charge < -0.3 is 9.97 Å². The summed E-state index contributed by atoms with van der Waals surface area (Å²) in [7, 11) is 0. The number of hydrogen-bond acceptors (Lipinski definition) is 0. The van der Waals surface area contributed by atoms with Gasteiger partial charge in [0.15, 0.2) is 0 Å². The van der Waals surface area contributed by atoms with Gasteiger partial charge in [-0.15, -0.1) is 0 Å². The first kappa shape index (κ1) is 15.3. The molecule has 2 aromatic heterocycles. The predicted molar refractivity (Wildman–Crippen MR) is 107 cm³/mol. The number of rotatable bonds is 0. The number of aromatic nitrogens is 2. The Morgan fingerprint density at radius 2 is 1.32 bits per heavy atom. The van der Waals surface area contributed by atoms with Crippen molar-refractivity contribution in [3.63, 3.8) is 0 Å². The van der Waals surface area contributed by atoms with Gasteiger partial charge in [0, 0.05) is 22.1 Å². The number of H-pyrrole nitrogens is 2. The van der Waals surface area contributed by atoms with E-state index in [-0.39, 0.29) is 0 Å². The zero-order chi connectivity index (χ0) is 17.2. The van der Waals surface area contributed by atoms with E-state index in [1.54, 1.807) is 0 Å². The molecule has 0 radical (unpaired) electrons. The standard InChI is InChI=1S/C23H20N2/c1-16-3-4-17(2)12-21-8-10-23(25-21)15-19-6-5-18(13-19)14-22-9-7-20(11-16)24-22/h3-15,24-25H,1H2,2H3/b4-3-,17-12+,19-15-,20-11-,22-14-. The Kier molecular flexibility index (Phi) is 3.87.